The molecule has 94 valence electrons. The zero-order valence-corrected chi connectivity index (χ0v) is 9.80. The van der Waals surface area contributed by atoms with E-state index >= 15 is 0 Å². The van der Waals surface area contributed by atoms with E-state index in [1.165, 1.54) is 25.7 Å². The fourth-order valence-electron chi connectivity index (χ4n) is 2.47. The number of rotatable bonds is 5. The van der Waals surface area contributed by atoms with E-state index in [0.717, 1.165) is 6.54 Å². The minimum absolute atomic E-state index is 0.0495. The van der Waals surface area contributed by atoms with Crippen molar-refractivity contribution < 1.29 is 9.90 Å². The van der Waals surface area contributed by atoms with Crippen molar-refractivity contribution in [3.8, 4) is 0 Å². The van der Waals surface area contributed by atoms with Crippen molar-refractivity contribution in [3.05, 3.63) is 11.4 Å². The van der Waals surface area contributed by atoms with Gasteiger partial charge < -0.3 is 10.8 Å². The van der Waals surface area contributed by atoms with Crippen LogP contribution in [0, 0.1) is 5.92 Å². The summed E-state index contributed by atoms with van der Waals surface area (Å²) in [6.45, 7) is 1.19. The second-order valence-corrected chi connectivity index (χ2v) is 4.56. The van der Waals surface area contributed by atoms with Gasteiger partial charge in [-0.2, -0.15) is 0 Å². The lowest BCUT2D eigenvalue weighted by Gasteiger charge is -2.11. The first-order valence-corrected chi connectivity index (χ1v) is 6.08. The molecular formula is C11H18N4O2. The van der Waals surface area contributed by atoms with Gasteiger partial charge in [0.25, 0.3) is 0 Å². The van der Waals surface area contributed by atoms with Crippen LogP contribution in [-0.4, -0.2) is 32.6 Å². The van der Waals surface area contributed by atoms with E-state index in [9.17, 15) is 4.79 Å². The molecule has 0 radical (unpaired) electrons. The highest BCUT2D eigenvalue weighted by atomic mass is 16.4. The summed E-state index contributed by atoms with van der Waals surface area (Å²) >= 11 is 0. The van der Waals surface area contributed by atoms with Gasteiger partial charge in [0.2, 0.25) is 0 Å². The zero-order valence-electron chi connectivity index (χ0n) is 9.80. The standard InChI is InChI=1S/C11H18N4O2/c12-6-5-9-10(11(16)17)13-14-15(9)7-8-3-1-2-4-8/h8H,1-7,12H2,(H,16,17). The van der Waals surface area contributed by atoms with Gasteiger partial charge in [-0.05, 0) is 25.3 Å². The lowest BCUT2D eigenvalue weighted by molar-refractivity contribution is 0.0689. The Morgan fingerprint density at radius 3 is 2.76 bits per heavy atom. The molecule has 0 spiro atoms. The number of hydrogen-bond donors (Lipinski definition) is 2. The quantitative estimate of drug-likeness (QED) is 0.786. The monoisotopic (exact) mass is 238 g/mol. The van der Waals surface area contributed by atoms with Crippen molar-refractivity contribution in [2.75, 3.05) is 6.54 Å². The smallest absolute Gasteiger partial charge is 0.358 e. The van der Waals surface area contributed by atoms with E-state index in [2.05, 4.69) is 10.3 Å². The summed E-state index contributed by atoms with van der Waals surface area (Å²) in [7, 11) is 0. The summed E-state index contributed by atoms with van der Waals surface area (Å²) in [6, 6.07) is 0. The van der Waals surface area contributed by atoms with Gasteiger partial charge in [0.15, 0.2) is 5.69 Å². The highest BCUT2D eigenvalue weighted by molar-refractivity contribution is 5.86. The molecule has 0 amide bonds. The molecule has 1 saturated carbocycles. The Hall–Kier alpha value is -1.43. The molecule has 6 nitrogen and oxygen atoms in total. The Bertz CT molecular complexity index is 396. The van der Waals surface area contributed by atoms with E-state index in [0.29, 0.717) is 24.6 Å². The van der Waals surface area contributed by atoms with E-state index in [4.69, 9.17) is 10.8 Å². The molecule has 0 aliphatic heterocycles. The van der Waals surface area contributed by atoms with Crippen LogP contribution in [0.4, 0.5) is 0 Å². The summed E-state index contributed by atoms with van der Waals surface area (Å²) in [5.74, 6) is -0.416. The van der Waals surface area contributed by atoms with Crippen LogP contribution >= 0.6 is 0 Å². The molecule has 0 aromatic carbocycles. The highest BCUT2D eigenvalue weighted by Crippen LogP contribution is 2.26. The maximum atomic E-state index is 11.0. The molecule has 0 bridgehead atoms. The molecule has 0 saturated heterocycles. The lowest BCUT2D eigenvalue weighted by Crippen LogP contribution is -2.16. The van der Waals surface area contributed by atoms with Crippen molar-refractivity contribution >= 4 is 5.97 Å². The maximum absolute atomic E-state index is 11.0. The molecule has 1 aliphatic rings. The molecule has 1 aromatic rings. The summed E-state index contributed by atoms with van der Waals surface area (Å²) in [4.78, 5) is 11.0. The van der Waals surface area contributed by atoms with Crippen molar-refractivity contribution in [3.63, 3.8) is 0 Å². The minimum atomic E-state index is -1.02. The molecule has 1 heterocycles. The average molecular weight is 238 g/mol. The number of nitrogens with two attached hydrogens (primary N) is 1. The molecule has 17 heavy (non-hydrogen) atoms. The van der Waals surface area contributed by atoms with Crippen LogP contribution < -0.4 is 5.73 Å². The molecule has 1 aromatic heterocycles. The van der Waals surface area contributed by atoms with Gasteiger partial charge in [-0.25, -0.2) is 9.48 Å². The fourth-order valence-corrected chi connectivity index (χ4v) is 2.47. The van der Waals surface area contributed by atoms with Crippen LogP contribution in [0.3, 0.4) is 0 Å². The van der Waals surface area contributed by atoms with E-state index < -0.39 is 5.97 Å². The van der Waals surface area contributed by atoms with Crippen molar-refractivity contribution in [2.45, 2.75) is 38.6 Å². The third-order valence-electron chi connectivity index (χ3n) is 3.33. The molecule has 1 aliphatic carbocycles. The van der Waals surface area contributed by atoms with E-state index in [-0.39, 0.29) is 5.69 Å². The van der Waals surface area contributed by atoms with E-state index in [1.807, 2.05) is 0 Å². The van der Waals surface area contributed by atoms with Crippen LogP contribution in [0.1, 0.15) is 41.9 Å². The van der Waals surface area contributed by atoms with Gasteiger partial charge in [-0.1, -0.05) is 18.1 Å². The first-order chi connectivity index (χ1) is 8.22. The number of nitrogens with zero attached hydrogens (tertiary/aromatic N) is 3. The topological polar surface area (TPSA) is 94.0 Å². The number of carbonyl (C=O) groups is 1. The number of aromatic carboxylic acids is 1. The van der Waals surface area contributed by atoms with Gasteiger partial charge in [-0.15, -0.1) is 5.10 Å². The van der Waals surface area contributed by atoms with Crippen molar-refractivity contribution in [1.29, 1.82) is 0 Å². The van der Waals surface area contributed by atoms with Crippen molar-refractivity contribution in [1.82, 2.24) is 15.0 Å². The third kappa shape index (κ3) is 2.63. The normalized spacial score (nSPS) is 16.5. The maximum Gasteiger partial charge on any atom is 0.358 e. The number of carboxylic acids is 1. The Labute approximate surface area is 99.8 Å². The Balaban J connectivity index is 2.17. The summed E-state index contributed by atoms with van der Waals surface area (Å²) in [5, 5.41) is 16.7. The molecule has 3 N–H and O–H groups in total. The molecule has 0 atom stereocenters. The first-order valence-electron chi connectivity index (χ1n) is 6.08. The van der Waals surface area contributed by atoms with Crippen LogP contribution in [0.2, 0.25) is 0 Å². The minimum Gasteiger partial charge on any atom is -0.476 e. The van der Waals surface area contributed by atoms with Crippen LogP contribution in [-0.2, 0) is 13.0 Å². The number of carboxylic acid groups (broad SMARTS) is 1. The highest BCUT2D eigenvalue weighted by Gasteiger charge is 2.22. The van der Waals surface area contributed by atoms with Gasteiger partial charge >= 0.3 is 5.97 Å². The Kier molecular flexibility index (Phi) is 3.73. The van der Waals surface area contributed by atoms with Crippen LogP contribution in [0.25, 0.3) is 0 Å². The second-order valence-electron chi connectivity index (χ2n) is 4.56. The molecule has 2 rings (SSSR count). The lowest BCUT2D eigenvalue weighted by atomic mass is 10.1. The van der Waals surface area contributed by atoms with Gasteiger partial charge in [-0.3, -0.25) is 0 Å². The predicted octanol–water partition coefficient (Wildman–Crippen LogP) is 0.668. The van der Waals surface area contributed by atoms with Crippen LogP contribution in [0.5, 0.6) is 0 Å². The zero-order chi connectivity index (χ0) is 12.3. The van der Waals surface area contributed by atoms with Gasteiger partial charge in [0.1, 0.15) is 0 Å². The molecule has 0 unspecified atom stereocenters. The van der Waals surface area contributed by atoms with E-state index in [1.54, 1.807) is 4.68 Å². The average Bonchev–Trinajstić information content (AvgIpc) is 2.90. The van der Waals surface area contributed by atoms with Crippen molar-refractivity contribution in [2.24, 2.45) is 11.7 Å². The predicted molar refractivity (Wildman–Crippen MR) is 61.7 cm³/mol. The second kappa shape index (κ2) is 5.27. The number of hydrogen-bond acceptors (Lipinski definition) is 4. The van der Waals surface area contributed by atoms with Gasteiger partial charge in [0.05, 0.1) is 5.69 Å². The molecular weight excluding hydrogens is 220 g/mol. The Morgan fingerprint density at radius 1 is 1.47 bits per heavy atom. The first kappa shape index (κ1) is 12.0. The summed E-state index contributed by atoms with van der Waals surface area (Å²) in [5.41, 5.74) is 6.21. The largest absolute Gasteiger partial charge is 0.476 e. The fraction of sp³-hybridized carbons (Fsp3) is 0.727. The van der Waals surface area contributed by atoms with Crippen LogP contribution in [0.15, 0.2) is 0 Å². The molecule has 6 heteroatoms. The van der Waals surface area contributed by atoms with Gasteiger partial charge in [0, 0.05) is 13.0 Å². The SMILES string of the molecule is NCCc1c(C(=O)O)nnn1CC1CCCC1. The number of aromatic nitrogens is 3. The molecule has 1 fully saturated rings. The third-order valence-corrected chi connectivity index (χ3v) is 3.33. The Morgan fingerprint density at radius 2 is 2.18 bits per heavy atom. The summed E-state index contributed by atoms with van der Waals surface area (Å²) in [6.07, 6.45) is 5.44. The summed E-state index contributed by atoms with van der Waals surface area (Å²) < 4.78 is 1.73.